The van der Waals surface area contributed by atoms with E-state index in [1.807, 2.05) is 0 Å². The van der Waals surface area contributed by atoms with Crippen molar-refractivity contribution in [3.63, 3.8) is 0 Å². The summed E-state index contributed by atoms with van der Waals surface area (Å²) in [5.74, 6) is 2.71. The molecule has 0 aliphatic carbocycles. The predicted octanol–water partition coefficient (Wildman–Crippen LogP) is 11.0. The van der Waals surface area contributed by atoms with Crippen LogP contribution in [0.2, 0.25) is 0 Å². The molecule has 0 aliphatic heterocycles. The van der Waals surface area contributed by atoms with Crippen LogP contribution < -0.4 is 0 Å². The first-order valence-corrected chi connectivity index (χ1v) is 15.4. The number of rotatable bonds is 24. The van der Waals surface area contributed by atoms with Gasteiger partial charge in [0, 0.05) is 0 Å². The van der Waals surface area contributed by atoms with Crippen molar-refractivity contribution in [1.82, 2.24) is 0 Å². The lowest BCUT2D eigenvalue weighted by Crippen LogP contribution is -2.10. The molecule has 0 radical (unpaired) electrons. The highest BCUT2D eigenvalue weighted by Crippen LogP contribution is 2.37. The second kappa shape index (κ2) is 23.4. The van der Waals surface area contributed by atoms with Crippen molar-refractivity contribution in [3.8, 4) is 0 Å². The summed E-state index contributed by atoms with van der Waals surface area (Å²) in [4.78, 5) is 0. The predicted molar refractivity (Wildman–Crippen MR) is 143 cm³/mol. The van der Waals surface area contributed by atoms with Crippen molar-refractivity contribution in [1.29, 1.82) is 0 Å². The van der Waals surface area contributed by atoms with E-state index in [0.717, 1.165) is 0 Å². The van der Waals surface area contributed by atoms with Crippen LogP contribution in [0.5, 0.6) is 0 Å². The van der Waals surface area contributed by atoms with Gasteiger partial charge in [0.05, 0.1) is 4.08 Å². The van der Waals surface area contributed by atoms with E-state index < -0.39 is 0 Å². The Morgan fingerprint density at radius 2 is 0.621 bits per heavy atom. The Morgan fingerprint density at radius 1 is 0.379 bits per heavy atom. The number of hydrogen-bond donors (Lipinski definition) is 0. The van der Waals surface area contributed by atoms with Gasteiger partial charge in [0.15, 0.2) is 0 Å². The maximum Gasteiger partial charge on any atom is 0.0555 e. The second-order valence-electron chi connectivity index (χ2n) is 9.46. The zero-order valence-corrected chi connectivity index (χ0v) is 22.5. The van der Waals surface area contributed by atoms with Crippen LogP contribution in [0.1, 0.15) is 156 Å². The summed E-state index contributed by atoms with van der Waals surface area (Å²) in [6, 6.07) is 0. The van der Waals surface area contributed by atoms with E-state index in [1.54, 1.807) is 0 Å². The molecule has 0 bridgehead atoms. The Labute approximate surface area is 194 Å². The summed E-state index contributed by atoms with van der Waals surface area (Å²) in [5.41, 5.74) is 0. The van der Waals surface area contributed by atoms with Gasteiger partial charge in [-0.2, -0.15) is 0 Å². The first kappa shape index (κ1) is 29.7. The first-order valence-electron chi connectivity index (χ1n) is 13.4. The van der Waals surface area contributed by atoms with Crippen LogP contribution in [0.15, 0.2) is 0 Å². The van der Waals surface area contributed by atoms with E-state index in [4.69, 9.17) is 0 Å². The minimum atomic E-state index is 0.415. The van der Waals surface area contributed by atoms with Gasteiger partial charge in [0.1, 0.15) is 0 Å². The molecule has 0 fully saturated rings. The molecule has 29 heavy (non-hydrogen) atoms. The third kappa shape index (κ3) is 24.8. The highest BCUT2D eigenvalue weighted by atomic mass is 32.2. The van der Waals surface area contributed by atoms with Gasteiger partial charge in [0.25, 0.3) is 0 Å². The van der Waals surface area contributed by atoms with Crippen molar-refractivity contribution >= 4 is 23.5 Å². The molecule has 0 rings (SSSR count). The van der Waals surface area contributed by atoms with Crippen molar-refractivity contribution in [2.24, 2.45) is 0 Å². The molecular formula is C27H56S2. The number of hydrogen-bond acceptors (Lipinski definition) is 2. The lowest BCUT2D eigenvalue weighted by molar-refractivity contribution is 0.563. The smallest absolute Gasteiger partial charge is 0.0555 e. The third-order valence-corrected chi connectivity index (χ3v) is 8.98. The molecule has 0 saturated heterocycles. The van der Waals surface area contributed by atoms with Gasteiger partial charge in [-0.25, -0.2) is 0 Å². The van der Waals surface area contributed by atoms with Crippen LogP contribution in [0.25, 0.3) is 0 Å². The van der Waals surface area contributed by atoms with Crippen LogP contribution in [0, 0.1) is 0 Å². The highest BCUT2D eigenvalue weighted by Gasteiger charge is 2.17. The number of thioether (sulfide) groups is 2. The van der Waals surface area contributed by atoms with Crippen LogP contribution in [-0.2, 0) is 0 Å². The monoisotopic (exact) mass is 444 g/mol. The Morgan fingerprint density at radius 3 is 0.897 bits per heavy atom. The van der Waals surface area contributed by atoms with Crippen LogP contribution in [-0.4, -0.2) is 15.6 Å². The van der Waals surface area contributed by atoms with E-state index in [2.05, 4.69) is 51.2 Å². The summed E-state index contributed by atoms with van der Waals surface area (Å²) in [6.45, 7) is 9.48. The Balaban J connectivity index is 3.30. The first-order chi connectivity index (χ1) is 14.1. The van der Waals surface area contributed by atoms with E-state index in [9.17, 15) is 0 Å². The Hall–Kier alpha value is 0.700. The molecular weight excluding hydrogens is 388 g/mol. The van der Waals surface area contributed by atoms with E-state index in [0.29, 0.717) is 4.08 Å². The summed E-state index contributed by atoms with van der Waals surface area (Å²) in [6.07, 6.45) is 28.9. The van der Waals surface area contributed by atoms with Crippen LogP contribution in [0.4, 0.5) is 0 Å². The highest BCUT2D eigenvalue weighted by molar-refractivity contribution is 8.18. The van der Waals surface area contributed by atoms with Crippen LogP contribution in [0.3, 0.4) is 0 Å². The topological polar surface area (TPSA) is 0 Å². The number of unbranched alkanes of at least 4 members (excludes halogenated alkanes) is 18. The SMILES string of the molecule is CCCCCCCCCCCCSC(C)(C)SCCCCCCCCCCCC. The molecule has 0 aromatic carbocycles. The van der Waals surface area contributed by atoms with E-state index in [-0.39, 0.29) is 0 Å². The quantitative estimate of drug-likeness (QED) is 0.107. The van der Waals surface area contributed by atoms with Crippen LogP contribution >= 0.6 is 23.5 Å². The van der Waals surface area contributed by atoms with E-state index >= 15 is 0 Å². The van der Waals surface area contributed by atoms with Crippen molar-refractivity contribution in [2.45, 2.75) is 160 Å². The molecule has 2 heteroatoms. The fourth-order valence-electron chi connectivity index (χ4n) is 3.86. The largest absolute Gasteiger partial charge is 0.145 e. The van der Waals surface area contributed by atoms with Gasteiger partial charge < -0.3 is 0 Å². The summed E-state index contributed by atoms with van der Waals surface area (Å²) in [5, 5.41) is 0. The molecule has 0 spiro atoms. The maximum atomic E-state index is 2.44. The van der Waals surface area contributed by atoms with Crippen molar-refractivity contribution in [2.75, 3.05) is 11.5 Å². The summed E-state index contributed by atoms with van der Waals surface area (Å²) < 4.78 is 0.415. The maximum absolute atomic E-state index is 2.44. The van der Waals surface area contributed by atoms with Gasteiger partial charge in [-0.05, 0) is 38.2 Å². The molecule has 0 N–H and O–H groups in total. The zero-order valence-electron chi connectivity index (χ0n) is 20.9. The van der Waals surface area contributed by atoms with Gasteiger partial charge in [-0.1, -0.05) is 129 Å². The lowest BCUT2D eigenvalue weighted by atomic mass is 10.1. The molecule has 0 saturated carbocycles. The average Bonchev–Trinajstić information content (AvgIpc) is 2.70. The van der Waals surface area contributed by atoms with Gasteiger partial charge in [-0.15, -0.1) is 23.5 Å². The standard InChI is InChI=1S/C27H56S2/c1-5-7-9-11-13-15-17-19-21-23-25-28-27(3,4)29-26-24-22-20-18-16-14-12-10-8-6-2/h5-26H2,1-4H3. The zero-order chi connectivity index (χ0) is 21.5. The fourth-order valence-corrected chi connectivity index (χ4v) is 6.37. The van der Waals surface area contributed by atoms with E-state index in [1.165, 1.54) is 140 Å². The fraction of sp³-hybridized carbons (Fsp3) is 1.00. The second-order valence-corrected chi connectivity index (χ2v) is 13.2. The lowest BCUT2D eigenvalue weighted by Gasteiger charge is -2.23. The molecule has 176 valence electrons. The summed E-state index contributed by atoms with van der Waals surface area (Å²) >= 11 is 4.40. The molecule has 0 heterocycles. The Kier molecular flexibility index (Phi) is 23.9. The normalized spacial score (nSPS) is 12.0. The molecule has 0 amide bonds. The van der Waals surface area contributed by atoms with Gasteiger partial charge >= 0.3 is 0 Å². The minimum Gasteiger partial charge on any atom is -0.145 e. The minimum absolute atomic E-state index is 0.415. The van der Waals surface area contributed by atoms with Gasteiger partial charge in [-0.3, -0.25) is 0 Å². The molecule has 0 aromatic rings. The molecule has 0 nitrogen and oxygen atoms in total. The Bertz CT molecular complexity index is 273. The molecule has 0 aliphatic rings. The van der Waals surface area contributed by atoms with Gasteiger partial charge in [0.2, 0.25) is 0 Å². The van der Waals surface area contributed by atoms with Crippen molar-refractivity contribution < 1.29 is 0 Å². The summed E-state index contributed by atoms with van der Waals surface area (Å²) in [7, 11) is 0. The average molecular weight is 445 g/mol. The third-order valence-electron chi connectivity index (χ3n) is 5.90. The van der Waals surface area contributed by atoms with Crippen molar-refractivity contribution in [3.05, 3.63) is 0 Å². The molecule has 0 atom stereocenters. The molecule has 0 aromatic heterocycles. The molecule has 0 unspecified atom stereocenters.